The van der Waals surface area contributed by atoms with Crippen LogP contribution in [0.5, 0.6) is 5.75 Å². The van der Waals surface area contributed by atoms with Crippen LogP contribution in [0.1, 0.15) is 18.9 Å². The molecule has 3 N–H and O–H groups in total. The van der Waals surface area contributed by atoms with Crippen molar-refractivity contribution in [2.45, 2.75) is 25.8 Å². The molecule has 0 heterocycles. The Bertz CT molecular complexity index is 342. The Morgan fingerprint density at radius 2 is 2.18 bits per heavy atom. The average Bonchev–Trinajstić information content (AvgIpc) is 2.28. The van der Waals surface area contributed by atoms with E-state index >= 15 is 0 Å². The molecule has 0 saturated heterocycles. The third-order valence-electron chi connectivity index (χ3n) is 2.59. The van der Waals surface area contributed by atoms with Crippen LogP contribution in [0.25, 0.3) is 0 Å². The summed E-state index contributed by atoms with van der Waals surface area (Å²) in [4.78, 5) is 0. The Kier molecular flexibility index (Phi) is 6.34. The lowest BCUT2D eigenvalue weighted by molar-refractivity contribution is 0.409. The molecule has 0 amide bonds. The predicted octanol–water partition coefficient (Wildman–Crippen LogP) is 2.22. The molecular formula is C13H21ClN2O. The van der Waals surface area contributed by atoms with Crippen molar-refractivity contribution in [1.82, 2.24) is 5.32 Å². The van der Waals surface area contributed by atoms with Crippen molar-refractivity contribution in [3.63, 3.8) is 0 Å². The molecule has 0 aliphatic rings. The molecule has 1 aromatic carbocycles. The second-order valence-corrected chi connectivity index (χ2v) is 4.66. The summed E-state index contributed by atoms with van der Waals surface area (Å²) in [5.41, 5.74) is 6.81. The molecule has 1 unspecified atom stereocenters. The monoisotopic (exact) mass is 256 g/mol. The zero-order valence-corrected chi connectivity index (χ0v) is 11.3. The SMILES string of the molecule is COc1ccc(Cl)cc1CCNCCC(C)N. The highest BCUT2D eigenvalue weighted by Gasteiger charge is 2.03. The number of hydrogen-bond acceptors (Lipinski definition) is 3. The van der Waals surface area contributed by atoms with E-state index in [2.05, 4.69) is 5.32 Å². The van der Waals surface area contributed by atoms with Crippen molar-refractivity contribution < 1.29 is 4.74 Å². The Hall–Kier alpha value is -0.770. The van der Waals surface area contributed by atoms with Gasteiger partial charge in [0, 0.05) is 11.1 Å². The molecule has 0 bridgehead atoms. The molecule has 1 rings (SSSR count). The average molecular weight is 257 g/mol. The number of methoxy groups -OCH3 is 1. The number of halogens is 1. The largest absolute Gasteiger partial charge is 0.496 e. The zero-order chi connectivity index (χ0) is 12.7. The Morgan fingerprint density at radius 3 is 2.82 bits per heavy atom. The van der Waals surface area contributed by atoms with E-state index in [1.807, 2.05) is 25.1 Å². The van der Waals surface area contributed by atoms with E-state index in [9.17, 15) is 0 Å². The van der Waals surface area contributed by atoms with E-state index in [-0.39, 0.29) is 6.04 Å². The van der Waals surface area contributed by atoms with Gasteiger partial charge in [-0.25, -0.2) is 0 Å². The maximum Gasteiger partial charge on any atom is 0.122 e. The summed E-state index contributed by atoms with van der Waals surface area (Å²) in [6, 6.07) is 5.95. The fourth-order valence-electron chi connectivity index (χ4n) is 1.62. The van der Waals surface area contributed by atoms with Gasteiger partial charge in [0.1, 0.15) is 5.75 Å². The van der Waals surface area contributed by atoms with Crippen LogP contribution in [-0.4, -0.2) is 26.2 Å². The normalized spacial score (nSPS) is 12.5. The molecule has 0 radical (unpaired) electrons. The molecule has 0 aliphatic carbocycles. The fraction of sp³-hybridized carbons (Fsp3) is 0.538. The molecule has 0 aromatic heterocycles. The van der Waals surface area contributed by atoms with Crippen molar-refractivity contribution in [3.05, 3.63) is 28.8 Å². The molecule has 0 saturated carbocycles. The molecule has 0 spiro atoms. The van der Waals surface area contributed by atoms with Gasteiger partial charge in [-0.2, -0.15) is 0 Å². The summed E-state index contributed by atoms with van der Waals surface area (Å²) in [7, 11) is 1.68. The summed E-state index contributed by atoms with van der Waals surface area (Å²) in [6.07, 6.45) is 1.90. The second-order valence-electron chi connectivity index (χ2n) is 4.22. The van der Waals surface area contributed by atoms with Crippen molar-refractivity contribution in [1.29, 1.82) is 0 Å². The van der Waals surface area contributed by atoms with Crippen LogP contribution in [0, 0.1) is 0 Å². The third-order valence-corrected chi connectivity index (χ3v) is 2.83. The molecule has 1 aromatic rings. The van der Waals surface area contributed by atoms with Crippen LogP contribution in [0.3, 0.4) is 0 Å². The third kappa shape index (κ3) is 5.39. The quantitative estimate of drug-likeness (QED) is 0.736. The highest BCUT2D eigenvalue weighted by atomic mass is 35.5. The number of benzene rings is 1. The van der Waals surface area contributed by atoms with E-state index in [1.54, 1.807) is 7.11 Å². The predicted molar refractivity (Wildman–Crippen MR) is 72.8 cm³/mol. The molecule has 96 valence electrons. The minimum Gasteiger partial charge on any atom is -0.496 e. The van der Waals surface area contributed by atoms with Gasteiger partial charge >= 0.3 is 0 Å². The van der Waals surface area contributed by atoms with Crippen LogP contribution >= 0.6 is 11.6 Å². The van der Waals surface area contributed by atoms with Gasteiger partial charge in [-0.05, 0) is 56.6 Å². The maximum absolute atomic E-state index is 5.96. The van der Waals surface area contributed by atoms with Crippen LogP contribution in [-0.2, 0) is 6.42 Å². The van der Waals surface area contributed by atoms with E-state index in [4.69, 9.17) is 22.1 Å². The van der Waals surface area contributed by atoms with E-state index < -0.39 is 0 Å². The van der Waals surface area contributed by atoms with Crippen LogP contribution in [0.4, 0.5) is 0 Å². The summed E-state index contributed by atoms with van der Waals surface area (Å²) in [5.74, 6) is 0.892. The van der Waals surface area contributed by atoms with Gasteiger partial charge in [-0.3, -0.25) is 0 Å². The molecule has 17 heavy (non-hydrogen) atoms. The van der Waals surface area contributed by atoms with Crippen molar-refractivity contribution >= 4 is 11.6 Å². The van der Waals surface area contributed by atoms with Crippen LogP contribution in [0.2, 0.25) is 5.02 Å². The number of rotatable bonds is 7. The number of ether oxygens (including phenoxy) is 1. The second kappa shape index (κ2) is 7.54. The van der Waals surface area contributed by atoms with Gasteiger partial charge in [0.25, 0.3) is 0 Å². The summed E-state index contributed by atoms with van der Waals surface area (Å²) < 4.78 is 5.29. The Balaban J connectivity index is 2.37. The number of nitrogens with two attached hydrogens (primary N) is 1. The van der Waals surface area contributed by atoms with Gasteiger partial charge in [-0.1, -0.05) is 11.6 Å². The minimum atomic E-state index is 0.253. The van der Waals surface area contributed by atoms with E-state index in [0.29, 0.717) is 0 Å². The van der Waals surface area contributed by atoms with Gasteiger partial charge < -0.3 is 15.8 Å². The van der Waals surface area contributed by atoms with Gasteiger partial charge in [0.05, 0.1) is 7.11 Å². The highest BCUT2D eigenvalue weighted by Crippen LogP contribution is 2.22. The first-order valence-electron chi connectivity index (χ1n) is 5.92. The molecule has 4 heteroatoms. The minimum absolute atomic E-state index is 0.253. The van der Waals surface area contributed by atoms with Crippen molar-refractivity contribution in [3.8, 4) is 5.75 Å². The lowest BCUT2D eigenvalue weighted by Crippen LogP contribution is -2.25. The van der Waals surface area contributed by atoms with Gasteiger partial charge in [0.2, 0.25) is 0 Å². The highest BCUT2D eigenvalue weighted by molar-refractivity contribution is 6.30. The van der Waals surface area contributed by atoms with Crippen molar-refractivity contribution in [2.24, 2.45) is 5.73 Å². The smallest absolute Gasteiger partial charge is 0.122 e. The van der Waals surface area contributed by atoms with E-state index in [1.165, 1.54) is 0 Å². The standard InChI is InChI=1S/C13H21ClN2O/c1-10(15)5-7-16-8-6-11-9-12(14)3-4-13(11)17-2/h3-4,9-10,16H,5-8,15H2,1-2H3. The van der Waals surface area contributed by atoms with Gasteiger partial charge in [-0.15, -0.1) is 0 Å². The summed E-state index contributed by atoms with van der Waals surface area (Å²) in [6.45, 7) is 3.87. The van der Waals surface area contributed by atoms with E-state index in [0.717, 1.165) is 42.3 Å². The first-order valence-corrected chi connectivity index (χ1v) is 6.30. The molecule has 1 atom stereocenters. The van der Waals surface area contributed by atoms with Gasteiger partial charge in [0.15, 0.2) is 0 Å². The van der Waals surface area contributed by atoms with Crippen molar-refractivity contribution in [2.75, 3.05) is 20.2 Å². The number of hydrogen-bond donors (Lipinski definition) is 2. The molecule has 0 fully saturated rings. The first kappa shape index (κ1) is 14.3. The summed E-state index contributed by atoms with van der Waals surface area (Å²) >= 11 is 5.96. The van der Waals surface area contributed by atoms with Crippen LogP contribution in [0.15, 0.2) is 18.2 Å². The molecule has 3 nitrogen and oxygen atoms in total. The lowest BCUT2D eigenvalue weighted by atomic mass is 10.1. The molecular weight excluding hydrogens is 236 g/mol. The number of nitrogens with one attached hydrogen (secondary N) is 1. The maximum atomic E-state index is 5.96. The molecule has 0 aliphatic heterocycles. The zero-order valence-electron chi connectivity index (χ0n) is 10.5. The van der Waals surface area contributed by atoms with Crippen LogP contribution < -0.4 is 15.8 Å². The fourth-order valence-corrected chi connectivity index (χ4v) is 1.82. The summed E-state index contributed by atoms with van der Waals surface area (Å²) in [5, 5.41) is 4.10. The topological polar surface area (TPSA) is 47.3 Å². The Labute approximate surface area is 108 Å². The Morgan fingerprint density at radius 1 is 1.41 bits per heavy atom. The lowest BCUT2D eigenvalue weighted by Gasteiger charge is -2.10. The first-order chi connectivity index (χ1) is 8.13.